The predicted octanol–water partition coefficient (Wildman–Crippen LogP) is 3.76. The van der Waals surface area contributed by atoms with E-state index in [0.29, 0.717) is 6.42 Å². The van der Waals surface area contributed by atoms with Gasteiger partial charge in [-0.15, -0.1) is 0 Å². The first-order chi connectivity index (χ1) is 14.1. The van der Waals surface area contributed by atoms with Crippen LogP contribution >= 0.6 is 0 Å². The Hall–Kier alpha value is -3.63. The molecule has 2 aromatic rings. The van der Waals surface area contributed by atoms with Crippen LogP contribution in [-0.4, -0.2) is 29.4 Å². The quantitative estimate of drug-likeness (QED) is 0.583. The Kier molecular flexibility index (Phi) is 5.63. The summed E-state index contributed by atoms with van der Waals surface area (Å²) in [6.07, 6.45) is -5.17. The monoisotopic (exact) mass is 423 g/mol. The van der Waals surface area contributed by atoms with Crippen molar-refractivity contribution in [3.05, 3.63) is 58.1 Å². The third kappa shape index (κ3) is 4.34. The van der Waals surface area contributed by atoms with E-state index in [4.69, 9.17) is 4.74 Å². The zero-order chi connectivity index (χ0) is 22.1. The second kappa shape index (κ2) is 8.01. The van der Waals surface area contributed by atoms with E-state index in [1.165, 1.54) is 18.2 Å². The lowest BCUT2D eigenvalue weighted by atomic mass is 10.1. The number of non-ortho nitro benzene ring substituents is 1. The summed E-state index contributed by atoms with van der Waals surface area (Å²) in [5.74, 6) is -1.15. The maximum absolute atomic E-state index is 12.8. The lowest BCUT2D eigenvalue weighted by molar-refractivity contribution is -0.384. The van der Waals surface area contributed by atoms with Gasteiger partial charge in [-0.1, -0.05) is 13.0 Å². The SMILES string of the molecule is CCC1Oc2ccc([N+](=O)[O-])cc2N(CC(=O)Nc2cccc(C(F)(F)F)c2)C1=O. The van der Waals surface area contributed by atoms with Gasteiger partial charge in [0.25, 0.3) is 11.6 Å². The molecule has 3 rings (SSSR count). The molecule has 0 aromatic heterocycles. The molecule has 11 heteroatoms. The van der Waals surface area contributed by atoms with Gasteiger partial charge in [0, 0.05) is 17.8 Å². The van der Waals surface area contributed by atoms with E-state index in [0.717, 1.165) is 29.2 Å². The number of nitrogens with zero attached hydrogens (tertiary/aromatic N) is 2. The summed E-state index contributed by atoms with van der Waals surface area (Å²) in [5.41, 5.74) is -1.29. The van der Waals surface area contributed by atoms with Crippen molar-refractivity contribution in [1.82, 2.24) is 0 Å². The maximum Gasteiger partial charge on any atom is 0.416 e. The summed E-state index contributed by atoms with van der Waals surface area (Å²) < 4.78 is 44.1. The van der Waals surface area contributed by atoms with Crippen molar-refractivity contribution in [1.29, 1.82) is 0 Å². The van der Waals surface area contributed by atoms with Crippen LogP contribution in [0.15, 0.2) is 42.5 Å². The molecule has 0 fully saturated rings. The fraction of sp³-hybridized carbons (Fsp3) is 0.263. The lowest BCUT2D eigenvalue weighted by Gasteiger charge is -2.33. The van der Waals surface area contributed by atoms with Gasteiger partial charge in [0.05, 0.1) is 16.2 Å². The minimum absolute atomic E-state index is 0.0399. The zero-order valence-electron chi connectivity index (χ0n) is 15.6. The van der Waals surface area contributed by atoms with Crippen molar-refractivity contribution in [3.63, 3.8) is 0 Å². The molecule has 0 saturated carbocycles. The van der Waals surface area contributed by atoms with Crippen LogP contribution in [0.4, 0.5) is 30.2 Å². The Morgan fingerprint density at radius 1 is 1.27 bits per heavy atom. The Balaban J connectivity index is 1.86. The first-order valence-corrected chi connectivity index (χ1v) is 8.83. The number of hydrogen-bond acceptors (Lipinski definition) is 5. The molecule has 0 saturated heterocycles. The van der Waals surface area contributed by atoms with Crippen molar-refractivity contribution < 1.29 is 32.4 Å². The number of halogens is 3. The number of carbonyl (C=O) groups excluding carboxylic acids is 2. The fourth-order valence-electron chi connectivity index (χ4n) is 2.96. The molecule has 0 radical (unpaired) electrons. The van der Waals surface area contributed by atoms with Crippen molar-refractivity contribution in [2.24, 2.45) is 0 Å². The highest BCUT2D eigenvalue weighted by atomic mass is 19.4. The highest BCUT2D eigenvalue weighted by molar-refractivity contribution is 6.06. The molecule has 0 bridgehead atoms. The third-order valence-electron chi connectivity index (χ3n) is 4.40. The number of rotatable bonds is 5. The summed E-state index contributed by atoms with van der Waals surface area (Å²) in [7, 11) is 0. The molecule has 1 N–H and O–H groups in total. The normalized spacial score (nSPS) is 15.9. The number of anilines is 2. The number of carbonyl (C=O) groups is 2. The summed E-state index contributed by atoms with van der Waals surface area (Å²) in [4.78, 5) is 36.6. The van der Waals surface area contributed by atoms with Crippen LogP contribution in [0.2, 0.25) is 0 Å². The van der Waals surface area contributed by atoms with Gasteiger partial charge in [0.1, 0.15) is 12.3 Å². The minimum Gasteiger partial charge on any atom is -0.478 e. The van der Waals surface area contributed by atoms with Gasteiger partial charge in [0.2, 0.25) is 5.91 Å². The third-order valence-corrected chi connectivity index (χ3v) is 4.40. The number of nitro benzene ring substituents is 1. The average molecular weight is 423 g/mol. The van der Waals surface area contributed by atoms with Crippen LogP contribution in [0.25, 0.3) is 0 Å². The molecule has 1 aliphatic heterocycles. The average Bonchev–Trinajstić information content (AvgIpc) is 2.69. The Morgan fingerprint density at radius 3 is 2.63 bits per heavy atom. The van der Waals surface area contributed by atoms with Gasteiger partial charge in [0.15, 0.2) is 6.10 Å². The minimum atomic E-state index is -4.58. The molecule has 2 aromatic carbocycles. The van der Waals surface area contributed by atoms with Crippen LogP contribution in [-0.2, 0) is 15.8 Å². The second-order valence-electron chi connectivity index (χ2n) is 6.48. The zero-order valence-corrected chi connectivity index (χ0v) is 15.6. The van der Waals surface area contributed by atoms with Crippen molar-refractivity contribution in [3.8, 4) is 5.75 Å². The highest BCUT2D eigenvalue weighted by Crippen LogP contribution is 2.37. The fourth-order valence-corrected chi connectivity index (χ4v) is 2.96. The molecule has 158 valence electrons. The van der Waals surface area contributed by atoms with Gasteiger partial charge in [-0.3, -0.25) is 24.6 Å². The molecule has 2 amide bonds. The van der Waals surface area contributed by atoms with E-state index in [-0.39, 0.29) is 22.8 Å². The standard InChI is InChI=1S/C19H16F3N3O5/c1-2-15-18(27)24(14-9-13(25(28)29)6-7-16(14)30-15)10-17(26)23-12-5-3-4-11(8-12)19(20,21)22/h3-9,15H,2,10H2,1H3,(H,23,26). The predicted molar refractivity (Wildman–Crippen MR) is 100 cm³/mol. The summed E-state index contributed by atoms with van der Waals surface area (Å²) in [5, 5.41) is 13.4. The molecule has 8 nitrogen and oxygen atoms in total. The summed E-state index contributed by atoms with van der Waals surface area (Å²) in [6, 6.07) is 7.71. The van der Waals surface area contributed by atoms with E-state index in [9.17, 15) is 32.9 Å². The van der Waals surface area contributed by atoms with E-state index < -0.39 is 41.1 Å². The second-order valence-corrected chi connectivity index (χ2v) is 6.48. The van der Waals surface area contributed by atoms with Crippen molar-refractivity contribution in [2.45, 2.75) is 25.6 Å². The first-order valence-electron chi connectivity index (χ1n) is 8.83. The van der Waals surface area contributed by atoms with E-state index >= 15 is 0 Å². The Morgan fingerprint density at radius 2 is 2.00 bits per heavy atom. The number of amides is 2. The molecule has 30 heavy (non-hydrogen) atoms. The van der Waals surface area contributed by atoms with Gasteiger partial charge in [-0.25, -0.2) is 0 Å². The number of benzene rings is 2. The molecule has 1 unspecified atom stereocenters. The number of alkyl halides is 3. The van der Waals surface area contributed by atoms with Crippen LogP contribution in [0, 0.1) is 10.1 Å². The van der Waals surface area contributed by atoms with Crippen LogP contribution in [0.5, 0.6) is 5.75 Å². The molecule has 0 spiro atoms. The molecular formula is C19H16F3N3O5. The molecule has 0 aliphatic carbocycles. The summed E-state index contributed by atoms with van der Waals surface area (Å²) in [6.45, 7) is 1.14. The van der Waals surface area contributed by atoms with Gasteiger partial charge in [-0.2, -0.15) is 13.2 Å². The Labute approximate surface area is 168 Å². The molecule has 1 atom stereocenters. The number of nitro groups is 1. The number of ether oxygens (including phenoxy) is 1. The van der Waals surface area contributed by atoms with Crippen LogP contribution in [0.1, 0.15) is 18.9 Å². The van der Waals surface area contributed by atoms with Gasteiger partial charge < -0.3 is 10.1 Å². The molecule has 1 heterocycles. The maximum atomic E-state index is 12.8. The highest BCUT2D eigenvalue weighted by Gasteiger charge is 2.36. The summed E-state index contributed by atoms with van der Waals surface area (Å²) >= 11 is 0. The van der Waals surface area contributed by atoms with Crippen molar-refractivity contribution >= 4 is 28.9 Å². The number of nitrogens with one attached hydrogen (secondary N) is 1. The smallest absolute Gasteiger partial charge is 0.416 e. The van der Waals surface area contributed by atoms with Crippen LogP contribution in [0.3, 0.4) is 0 Å². The molecule has 1 aliphatic rings. The van der Waals surface area contributed by atoms with Gasteiger partial charge in [-0.05, 0) is 30.7 Å². The lowest BCUT2D eigenvalue weighted by Crippen LogP contribution is -2.48. The Bertz CT molecular complexity index is 1010. The number of hydrogen-bond donors (Lipinski definition) is 1. The van der Waals surface area contributed by atoms with Gasteiger partial charge >= 0.3 is 6.18 Å². The van der Waals surface area contributed by atoms with E-state index in [1.54, 1.807) is 6.92 Å². The van der Waals surface area contributed by atoms with E-state index in [1.807, 2.05) is 0 Å². The largest absolute Gasteiger partial charge is 0.478 e. The topological polar surface area (TPSA) is 102 Å². The van der Waals surface area contributed by atoms with Crippen LogP contribution < -0.4 is 15.0 Å². The first kappa shape index (κ1) is 21.1. The van der Waals surface area contributed by atoms with E-state index in [2.05, 4.69) is 5.32 Å². The molecular weight excluding hydrogens is 407 g/mol. The number of fused-ring (bicyclic) bond motifs is 1. The van der Waals surface area contributed by atoms with Crippen molar-refractivity contribution in [2.75, 3.05) is 16.8 Å².